The summed E-state index contributed by atoms with van der Waals surface area (Å²) >= 11 is 0. The molecule has 77 heavy (non-hydrogen) atoms. The number of pyridine rings is 1. The minimum atomic E-state index is -0.623. The molecule has 0 atom stereocenters. The zero-order chi connectivity index (χ0) is 51.1. The molecule has 0 saturated carbocycles. The van der Waals surface area contributed by atoms with Crippen LogP contribution in [0.3, 0.4) is 0 Å². The second-order valence-corrected chi connectivity index (χ2v) is 22.0. The molecule has 0 fully saturated rings. The van der Waals surface area contributed by atoms with E-state index in [0.29, 0.717) is 0 Å². The zero-order valence-corrected chi connectivity index (χ0v) is 42.9. The topological polar surface area (TPSA) is 35.9 Å². The van der Waals surface area contributed by atoms with Gasteiger partial charge in [0.1, 0.15) is 17.3 Å². The van der Waals surface area contributed by atoms with Gasteiger partial charge in [0.05, 0.1) is 38.9 Å². The molecule has 4 heterocycles. The van der Waals surface area contributed by atoms with Crippen LogP contribution >= 0.6 is 0 Å². The van der Waals surface area contributed by atoms with Crippen molar-refractivity contribution in [2.24, 2.45) is 0 Å². The number of hydrogen-bond donors (Lipinski definition) is 0. The maximum absolute atomic E-state index is 6.92. The predicted octanol–water partition coefficient (Wildman–Crippen LogP) is 16.8. The Morgan fingerprint density at radius 2 is 1.04 bits per heavy atom. The summed E-state index contributed by atoms with van der Waals surface area (Å²) < 4.78 is 13.8. The summed E-state index contributed by atoms with van der Waals surface area (Å²) in [7, 11) is 0. The third-order valence-electron chi connectivity index (χ3n) is 16.9. The Morgan fingerprint density at radius 1 is 0.481 bits per heavy atom. The summed E-state index contributed by atoms with van der Waals surface area (Å²) in [6.45, 7) is 6.73. The Labute approximate surface area is 447 Å². The van der Waals surface area contributed by atoms with Gasteiger partial charge in [-0.25, -0.2) is 4.98 Å². The molecule has 3 aromatic heterocycles. The molecule has 13 aromatic rings. The van der Waals surface area contributed by atoms with Crippen molar-refractivity contribution in [2.75, 3.05) is 0 Å². The summed E-state index contributed by atoms with van der Waals surface area (Å²) in [5.41, 5.74) is 23.3. The summed E-state index contributed by atoms with van der Waals surface area (Å²) in [4.78, 5) is 4.93. The molecule has 0 N–H and O–H groups in total. The van der Waals surface area contributed by atoms with Crippen molar-refractivity contribution >= 4 is 32.8 Å². The Morgan fingerprint density at radius 3 is 1.77 bits per heavy atom. The van der Waals surface area contributed by atoms with Crippen LogP contribution in [0.1, 0.15) is 71.2 Å². The number of hydrogen-bond acceptors (Lipinski definition) is 2. The van der Waals surface area contributed by atoms with Crippen molar-refractivity contribution in [3.05, 3.63) is 294 Å². The molecule has 10 aromatic carbocycles. The summed E-state index contributed by atoms with van der Waals surface area (Å²) in [6, 6.07) is 87.1. The molecular weight excluding hydrogens is 937 g/mol. The number of nitrogens with zero attached hydrogens (tertiary/aromatic N) is 4. The molecule has 0 saturated heterocycles. The largest absolute Gasteiger partial charge is 0.458 e. The fraction of sp³-hybridized carbons (Fsp3) is 0.0833. The Hall–Kier alpha value is -9.58. The van der Waals surface area contributed by atoms with E-state index in [1.807, 2.05) is 12.3 Å². The molecule has 17 rings (SSSR count). The average Bonchev–Trinajstić information content (AvgIpc) is 4.12. The number of aromatic nitrogens is 4. The van der Waals surface area contributed by atoms with E-state index < -0.39 is 5.41 Å². The van der Waals surface area contributed by atoms with Crippen LogP contribution in [0.5, 0.6) is 11.5 Å². The summed E-state index contributed by atoms with van der Waals surface area (Å²) in [5, 5.41) is 2.32. The number of para-hydroxylation sites is 2. The lowest BCUT2D eigenvalue weighted by Crippen LogP contribution is -2.44. The first-order chi connectivity index (χ1) is 37.8. The van der Waals surface area contributed by atoms with Crippen molar-refractivity contribution < 1.29 is 9.30 Å². The molecule has 5 heteroatoms. The number of ether oxygens (including phenoxy) is 1. The normalized spacial score (nSPS) is 15.6. The van der Waals surface area contributed by atoms with Gasteiger partial charge in [0.2, 0.25) is 0 Å². The minimum Gasteiger partial charge on any atom is -0.458 e. The van der Waals surface area contributed by atoms with E-state index in [-0.39, 0.29) is 11.3 Å². The van der Waals surface area contributed by atoms with E-state index in [2.05, 4.69) is 271 Å². The Kier molecular flexibility index (Phi) is 9.22. The lowest BCUT2D eigenvalue weighted by molar-refractivity contribution is -0.571. The molecule has 2 bridgehead atoms. The molecule has 364 valence electrons. The van der Waals surface area contributed by atoms with Gasteiger partial charge in [0, 0.05) is 34.5 Å². The number of fused-ring (bicyclic) bond motifs is 10. The van der Waals surface area contributed by atoms with Gasteiger partial charge in [0.15, 0.2) is 0 Å². The fourth-order valence-electron chi connectivity index (χ4n) is 13.7. The van der Waals surface area contributed by atoms with Crippen LogP contribution in [0.25, 0.3) is 83.4 Å². The van der Waals surface area contributed by atoms with E-state index in [0.717, 1.165) is 61.7 Å². The first kappa shape index (κ1) is 43.8. The minimum absolute atomic E-state index is 0.0299. The molecule has 4 aliphatic rings. The molecule has 1 aliphatic heterocycles. The first-order valence-corrected chi connectivity index (χ1v) is 26.7. The SMILES string of the molecule is CC(C)(C)c1ccnc(-n2c3ccccc3c3ccc(Oc4cccc(-n5[c-][n+]6c7c(cccc75)-c5ccccc5-c5ccccc5-c5c-6cccc5C56c7ccccc7C(c7ccccc75)c5ccccc56)c4)cc32)c1. The highest BCUT2D eigenvalue weighted by Crippen LogP contribution is 2.63. The van der Waals surface area contributed by atoms with Gasteiger partial charge in [-0.05, 0) is 132 Å². The number of benzene rings is 10. The number of rotatable bonds is 5. The highest BCUT2D eigenvalue weighted by molar-refractivity contribution is 6.09. The summed E-state index contributed by atoms with van der Waals surface area (Å²) in [5.74, 6) is 2.50. The lowest BCUT2D eigenvalue weighted by atomic mass is 9.50. The Bertz CT molecular complexity index is 4510. The third-order valence-corrected chi connectivity index (χ3v) is 16.9. The van der Waals surface area contributed by atoms with Gasteiger partial charge >= 0.3 is 0 Å². The van der Waals surface area contributed by atoms with Crippen LogP contribution in [-0.4, -0.2) is 14.1 Å². The fourth-order valence-corrected chi connectivity index (χ4v) is 13.7. The smallest absolute Gasteiger partial charge is 0.269 e. The van der Waals surface area contributed by atoms with Crippen LogP contribution in [0.15, 0.2) is 243 Å². The van der Waals surface area contributed by atoms with Crippen LogP contribution in [-0.2, 0) is 10.8 Å². The Balaban J connectivity index is 0.915. The monoisotopic (exact) mass is 986 g/mol. The summed E-state index contributed by atoms with van der Waals surface area (Å²) in [6.07, 6.45) is 5.95. The van der Waals surface area contributed by atoms with Crippen molar-refractivity contribution in [3.8, 4) is 62.1 Å². The van der Waals surface area contributed by atoms with E-state index in [4.69, 9.17) is 9.72 Å². The van der Waals surface area contributed by atoms with Crippen molar-refractivity contribution in [2.45, 2.75) is 37.5 Å². The highest BCUT2D eigenvalue weighted by atomic mass is 16.5. The predicted molar refractivity (Wildman–Crippen MR) is 310 cm³/mol. The molecule has 0 spiro atoms. The molecule has 5 nitrogen and oxygen atoms in total. The van der Waals surface area contributed by atoms with Crippen LogP contribution in [0, 0.1) is 6.33 Å². The number of imidazole rings is 1. The highest BCUT2D eigenvalue weighted by Gasteiger charge is 2.53. The third kappa shape index (κ3) is 6.17. The second-order valence-electron chi connectivity index (χ2n) is 22.0. The van der Waals surface area contributed by atoms with Gasteiger partial charge in [-0.15, -0.1) is 0 Å². The van der Waals surface area contributed by atoms with Gasteiger partial charge in [0.25, 0.3) is 6.33 Å². The molecule has 3 aliphatic carbocycles. The standard InChI is InChI=1S/C72H50N4O/c1-71(2,3)45-39-40-73-67(41-45)76-63-34-15-11-24-52(63)53-38-37-48(43-66(53)76)77-47-20-16-19-46(42-47)74-44-75-64-35-18-33-62(69(64)54-25-7-6-22-50(54)49-21-4-5-23-51(49)55-29-17-36-65(74)70(55)75)72-59-30-12-8-26-56(59)68(57-27-9-13-31-60(57)72)58-28-10-14-32-61(58)72/h4-43,68H,1-3H3. The van der Waals surface area contributed by atoms with Crippen molar-refractivity contribution in [3.63, 3.8) is 0 Å². The molecular formula is C72H50N4O. The lowest BCUT2D eigenvalue weighted by Gasteiger charge is -2.52. The zero-order valence-electron chi connectivity index (χ0n) is 42.9. The van der Waals surface area contributed by atoms with Crippen molar-refractivity contribution in [1.29, 1.82) is 0 Å². The van der Waals surface area contributed by atoms with Crippen LogP contribution in [0.2, 0.25) is 0 Å². The average molecular weight is 987 g/mol. The van der Waals surface area contributed by atoms with E-state index in [1.165, 1.54) is 77.7 Å². The maximum atomic E-state index is 6.92. The van der Waals surface area contributed by atoms with Gasteiger partial charge < -0.3 is 4.74 Å². The van der Waals surface area contributed by atoms with Crippen LogP contribution in [0.4, 0.5) is 0 Å². The van der Waals surface area contributed by atoms with Crippen molar-refractivity contribution in [1.82, 2.24) is 14.1 Å². The molecule has 0 amide bonds. The molecule has 0 unspecified atom stereocenters. The second kappa shape index (κ2) is 16.2. The van der Waals surface area contributed by atoms with E-state index in [9.17, 15) is 0 Å². The van der Waals surface area contributed by atoms with Gasteiger partial charge in [-0.2, -0.15) is 0 Å². The van der Waals surface area contributed by atoms with Crippen LogP contribution < -0.4 is 9.30 Å². The maximum Gasteiger partial charge on any atom is 0.269 e. The van der Waals surface area contributed by atoms with E-state index in [1.54, 1.807) is 0 Å². The quantitative estimate of drug-likeness (QED) is 0.127. The molecule has 0 radical (unpaired) electrons. The van der Waals surface area contributed by atoms with Gasteiger partial charge in [-0.1, -0.05) is 197 Å². The van der Waals surface area contributed by atoms with E-state index >= 15 is 0 Å². The van der Waals surface area contributed by atoms with Gasteiger partial charge in [-0.3, -0.25) is 13.7 Å². The first-order valence-electron chi connectivity index (χ1n) is 26.7.